The van der Waals surface area contributed by atoms with Crippen LogP contribution in [0.3, 0.4) is 0 Å². The Bertz CT molecular complexity index is 435. The number of aliphatic carboxylic acids is 1. The van der Waals surface area contributed by atoms with Crippen LogP contribution in [0.15, 0.2) is 30.3 Å². The molecule has 1 aromatic rings. The van der Waals surface area contributed by atoms with Gasteiger partial charge in [-0.1, -0.05) is 29.8 Å². The summed E-state index contributed by atoms with van der Waals surface area (Å²) >= 11 is 0. The van der Waals surface area contributed by atoms with Gasteiger partial charge in [0, 0.05) is 19.0 Å². The lowest BCUT2D eigenvalue weighted by Gasteiger charge is -2.00. The molecule has 0 radical (unpaired) electrons. The van der Waals surface area contributed by atoms with E-state index in [1.807, 2.05) is 31.2 Å². The molecule has 0 bridgehead atoms. The first-order valence-electron chi connectivity index (χ1n) is 5.82. The van der Waals surface area contributed by atoms with Gasteiger partial charge in [-0.2, -0.15) is 0 Å². The summed E-state index contributed by atoms with van der Waals surface area (Å²) in [5.41, 5.74) is 2.13. The highest BCUT2D eigenvalue weighted by Crippen LogP contribution is 2.04. The average molecular weight is 247 g/mol. The van der Waals surface area contributed by atoms with Crippen LogP contribution in [0.25, 0.3) is 6.08 Å². The molecule has 1 amide bonds. The number of hydrogen-bond donors (Lipinski definition) is 2. The van der Waals surface area contributed by atoms with Crippen molar-refractivity contribution >= 4 is 18.0 Å². The van der Waals surface area contributed by atoms with Crippen molar-refractivity contribution in [2.45, 2.75) is 19.8 Å². The van der Waals surface area contributed by atoms with E-state index in [1.54, 1.807) is 6.08 Å². The molecule has 0 heterocycles. The van der Waals surface area contributed by atoms with Crippen molar-refractivity contribution in [1.82, 2.24) is 5.32 Å². The number of amides is 1. The van der Waals surface area contributed by atoms with E-state index in [0.29, 0.717) is 13.0 Å². The zero-order chi connectivity index (χ0) is 13.4. The Morgan fingerprint density at radius 3 is 2.56 bits per heavy atom. The first-order valence-corrected chi connectivity index (χ1v) is 5.82. The number of carboxylic acids is 1. The Morgan fingerprint density at radius 1 is 1.28 bits per heavy atom. The van der Waals surface area contributed by atoms with Crippen LogP contribution in [-0.4, -0.2) is 23.5 Å². The quantitative estimate of drug-likeness (QED) is 0.596. The summed E-state index contributed by atoms with van der Waals surface area (Å²) in [6.45, 7) is 2.38. The molecule has 0 fully saturated rings. The number of rotatable bonds is 6. The second kappa shape index (κ2) is 7.27. The molecule has 18 heavy (non-hydrogen) atoms. The molecule has 0 saturated heterocycles. The van der Waals surface area contributed by atoms with Gasteiger partial charge in [-0.05, 0) is 25.0 Å². The van der Waals surface area contributed by atoms with Crippen molar-refractivity contribution in [2.24, 2.45) is 0 Å². The summed E-state index contributed by atoms with van der Waals surface area (Å²) in [5.74, 6) is -1.06. The summed E-state index contributed by atoms with van der Waals surface area (Å²) in [6.07, 6.45) is 3.69. The Labute approximate surface area is 106 Å². The van der Waals surface area contributed by atoms with E-state index in [4.69, 9.17) is 5.11 Å². The van der Waals surface area contributed by atoms with Gasteiger partial charge in [-0.25, -0.2) is 0 Å². The number of carbonyl (C=O) groups is 2. The maximum atomic E-state index is 11.4. The standard InChI is InChI=1S/C14H17NO3/c1-11-4-6-12(7-5-11)8-9-13(16)15-10-2-3-14(17)18/h4-9H,2-3,10H2,1H3,(H,15,16)(H,17,18). The first kappa shape index (κ1) is 14.0. The average Bonchev–Trinajstić information content (AvgIpc) is 2.34. The fourth-order valence-electron chi connectivity index (χ4n) is 1.36. The molecule has 1 rings (SSSR count). The lowest BCUT2D eigenvalue weighted by Crippen LogP contribution is -2.22. The predicted molar refractivity (Wildman–Crippen MR) is 70.1 cm³/mol. The second-order valence-corrected chi connectivity index (χ2v) is 4.03. The van der Waals surface area contributed by atoms with Gasteiger partial charge < -0.3 is 10.4 Å². The van der Waals surface area contributed by atoms with E-state index in [0.717, 1.165) is 5.56 Å². The molecule has 0 aromatic heterocycles. The smallest absolute Gasteiger partial charge is 0.303 e. The molecule has 0 aliphatic rings. The highest BCUT2D eigenvalue weighted by molar-refractivity contribution is 5.91. The number of carboxylic acid groups (broad SMARTS) is 1. The molecule has 0 spiro atoms. The molecule has 1 aromatic carbocycles. The number of benzene rings is 1. The van der Waals surface area contributed by atoms with Gasteiger partial charge in [-0.3, -0.25) is 9.59 Å². The molecule has 0 aliphatic carbocycles. The molecule has 0 aliphatic heterocycles. The van der Waals surface area contributed by atoms with Gasteiger partial charge >= 0.3 is 5.97 Å². The third-order valence-corrected chi connectivity index (χ3v) is 2.37. The van der Waals surface area contributed by atoms with Crippen LogP contribution in [0, 0.1) is 6.92 Å². The molecule has 0 atom stereocenters. The highest BCUT2D eigenvalue weighted by Gasteiger charge is 1.98. The third-order valence-electron chi connectivity index (χ3n) is 2.37. The van der Waals surface area contributed by atoms with E-state index in [-0.39, 0.29) is 12.3 Å². The van der Waals surface area contributed by atoms with E-state index in [2.05, 4.69) is 5.32 Å². The molecule has 4 nitrogen and oxygen atoms in total. The highest BCUT2D eigenvalue weighted by atomic mass is 16.4. The zero-order valence-corrected chi connectivity index (χ0v) is 10.3. The zero-order valence-electron chi connectivity index (χ0n) is 10.3. The van der Waals surface area contributed by atoms with Crippen LogP contribution in [-0.2, 0) is 9.59 Å². The first-order chi connectivity index (χ1) is 8.58. The van der Waals surface area contributed by atoms with E-state index in [1.165, 1.54) is 11.6 Å². The summed E-state index contributed by atoms with van der Waals surface area (Å²) < 4.78 is 0. The minimum Gasteiger partial charge on any atom is -0.481 e. The van der Waals surface area contributed by atoms with Crippen molar-refractivity contribution in [3.63, 3.8) is 0 Å². The van der Waals surface area contributed by atoms with Gasteiger partial charge in [0.1, 0.15) is 0 Å². The van der Waals surface area contributed by atoms with Crippen LogP contribution >= 0.6 is 0 Å². The van der Waals surface area contributed by atoms with Crippen LogP contribution < -0.4 is 5.32 Å². The SMILES string of the molecule is Cc1ccc(C=CC(=O)NCCCC(=O)O)cc1. The predicted octanol–water partition coefficient (Wildman–Crippen LogP) is 1.99. The molecule has 2 N–H and O–H groups in total. The lowest BCUT2D eigenvalue weighted by atomic mass is 10.1. The van der Waals surface area contributed by atoms with Crippen molar-refractivity contribution < 1.29 is 14.7 Å². The number of carbonyl (C=O) groups excluding carboxylic acids is 1. The lowest BCUT2D eigenvalue weighted by molar-refractivity contribution is -0.137. The van der Waals surface area contributed by atoms with Crippen molar-refractivity contribution in [1.29, 1.82) is 0 Å². The fourth-order valence-corrected chi connectivity index (χ4v) is 1.36. The van der Waals surface area contributed by atoms with E-state index in [9.17, 15) is 9.59 Å². The summed E-state index contributed by atoms with van der Waals surface area (Å²) in [6, 6.07) is 7.82. The van der Waals surface area contributed by atoms with Crippen LogP contribution in [0.1, 0.15) is 24.0 Å². The normalized spacial score (nSPS) is 10.5. The molecule has 4 heteroatoms. The summed E-state index contributed by atoms with van der Waals surface area (Å²) in [7, 11) is 0. The monoisotopic (exact) mass is 247 g/mol. The Balaban J connectivity index is 2.31. The van der Waals surface area contributed by atoms with Crippen molar-refractivity contribution in [3.05, 3.63) is 41.5 Å². The molecule has 0 saturated carbocycles. The number of hydrogen-bond acceptors (Lipinski definition) is 2. The Morgan fingerprint density at radius 2 is 1.94 bits per heavy atom. The molecular formula is C14H17NO3. The number of nitrogens with one attached hydrogen (secondary N) is 1. The maximum Gasteiger partial charge on any atom is 0.303 e. The largest absolute Gasteiger partial charge is 0.481 e. The van der Waals surface area contributed by atoms with Gasteiger partial charge in [0.2, 0.25) is 5.91 Å². The van der Waals surface area contributed by atoms with Gasteiger partial charge in [0.25, 0.3) is 0 Å². The van der Waals surface area contributed by atoms with Gasteiger partial charge in [0.05, 0.1) is 0 Å². The molecule has 96 valence electrons. The van der Waals surface area contributed by atoms with Crippen LogP contribution in [0.5, 0.6) is 0 Å². The number of aryl methyl sites for hydroxylation is 1. The topological polar surface area (TPSA) is 66.4 Å². The minimum absolute atomic E-state index is 0.0714. The maximum absolute atomic E-state index is 11.4. The Hall–Kier alpha value is -2.10. The second-order valence-electron chi connectivity index (χ2n) is 4.03. The Kier molecular flexibility index (Phi) is 5.64. The third kappa shape index (κ3) is 5.84. The van der Waals surface area contributed by atoms with Crippen molar-refractivity contribution in [3.8, 4) is 0 Å². The van der Waals surface area contributed by atoms with Crippen LogP contribution in [0.4, 0.5) is 0 Å². The molecule has 0 unspecified atom stereocenters. The summed E-state index contributed by atoms with van der Waals surface area (Å²) in [5, 5.41) is 11.1. The summed E-state index contributed by atoms with van der Waals surface area (Å²) in [4.78, 5) is 21.6. The van der Waals surface area contributed by atoms with Gasteiger partial charge in [-0.15, -0.1) is 0 Å². The molecular weight excluding hydrogens is 230 g/mol. The minimum atomic E-state index is -0.848. The van der Waals surface area contributed by atoms with Crippen molar-refractivity contribution in [2.75, 3.05) is 6.54 Å². The van der Waals surface area contributed by atoms with E-state index >= 15 is 0 Å². The van der Waals surface area contributed by atoms with Gasteiger partial charge in [0.15, 0.2) is 0 Å². The van der Waals surface area contributed by atoms with E-state index < -0.39 is 5.97 Å². The fraction of sp³-hybridized carbons (Fsp3) is 0.286. The van der Waals surface area contributed by atoms with Crippen LogP contribution in [0.2, 0.25) is 0 Å².